The van der Waals surface area contributed by atoms with Gasteiger partial charge in [0.05, 0.1) is 0 Å². The molecule has 1 rings (SSSR count). The van der Waals surface area contributed by atoms with Crippen molar-refractivity contribution in [3.63, 3.8) is 0 Å². The molecule has 0 aliphatic carbocycles. The highest BCUT2D eigenvalue weighted by Gasteiger charge is 2.06. The predicted octanol–water partition coefficient (Wildman–Crippen LogP) is 4.60. The Bertz CT molecular complexity index is 300. The van der Waals surface area contributed by atoms with Crippen LogP contribution in [0.1, 0.15) is 33.1 Å². The Labute approximate surface area is 114 Å². The van der Waals surface area contributed by atoms with E-state index >= 15 is 0 Å². The third kappa shape index (κ3) is 6.35. The molecule has 1 unspecified atom stereocenters. The molecule has 0 aromatic heterocycles. The fraction of sp³-hybridized carbons (Fsp3) is 0.571. The first kappa shape index (κ1) is 14.9. The number of hydrogen-bond donors (Lipinski definition) is 1. The maximum absolute atomic E-state index is 5.87. The van der Waals surface area contributed by atoms with Crippen LogP contribution in [-0.2, 0) is 0 Å². The van der Waals surface area contributed by atoms with Crippen LogP contribution in [-0.4, -0.2) is 18.3 Å². The second-order valence-electron chi connectivity index (χ2n) is 4.20. The Morgan fingerprint density at radius 3 is 2.47 bits per heavy atom. The highest BCUT2D eigenvalue weighted by atomic mass is 35.5. The van der Waals surface area contributed by atoms with E-state index in [4.69, 9.17) is 11.6 Å². The van der Waals surface area contributed by atoms with Crippen LogP contribution in [0.4, 0.5) is 0 Å². The van der Waals surface area contributed by atoms with Crippen LogP contribution in [0.5, 0.6) is 0 Å². The van der Waals surface area contributed by atoms with E-state index in [0.29, 0.717) is 6.04 Å². The van der Waals surface area contributed by atoms with Crippen LogP contribution < -0.4 is 5.32 Å². The van der Waals surface area contributed by atoms with Crippen LogP contribution in [0, 0.1) is 0 Å². The van der Waals surface area contributed by atoms with Crippen LogP contribution in [0.15, 0.2) is 29.2 Å². The van der Waals surface area contributed by atoms with Crippen molar-refractivity contribution < 1.29 is 0 Å². The summed E-state index contributed by atoms with van der Waals surface area (Å²) in [5, 5.41) is 4.41. The summed E-state index contributed by atoms with van der Waals surface area (Å²) in [6, 6.07) is 8.72. The summed E-state index contributed by atoms with van der Waals surface area (Å²) in [4.78, 5) is 1.30. The molecule has 17 heavy (non-hydrogen) atoms. The first-order valence-corrected chi connectivity index (χ1v) is 7.74. The molecule has 0 saturated carbocycles. The summed E-state index contributed by atoms with van der Waals surface area (Å²) in [5.74, 6) is 1.13. The van der Waals surface area contributed by atoms with Gasteiger partial charge in [-0.25, -0.2) is 0 Å². The highest BCUT2D eigenvalue weighted by Crippen LogP contribution is 2.21. The molecule has 0 amide bonds. The van der Waals surface area contributed by atoms with Crippen molar-refractivity contribution in [2.45, 2.75) is 44.0 Å². The molecule has 1 nitrogen and oxygen atoms in total. The van der Waals surface area contributed by atoms with Gasteiger partial charge in [0.15, 0.2) is 0 Å². The van der Waals surface area contributed by atoms with E-state index in [1.54, 1.807) is 0 Å². The van der Waals surface area contributed by atoms with E-state index in [1.165, 1.54) is 24.2 Å². The predicted molar refractivity (Wildman–Crippen MR) is 79.2 cm³/mol. The average molecular weight is 272 g/mol. The van der Waals surface area contributed by atoms with Crippen molar-refractivity contribution in [1.82, 2.24) is 5.32 Å². The van der Waals surface area contributed by atoms with Crippen molar-refractivity contribution in [2.24, 2.45) is 0 Å². The second-order valence-corrected chi connectivity index (χ2v) is 5.73. The summed E-state index contributed by atoms with van der Waals surface area (Å²) >= 11 is 7.78. The van der Waals surface area contributed by atoms with Crippen molar-refractivity contribution in [1.29, 1.82) is 0 Å². The van der Waals surface area contributed by atoms with Gasteiger partial charge >= 0.3 is 0 Å². The average Bonchev–Trinajstić information content (AvgIpc) is 2.35. The first-order valence-electron chi connectivity index (χ1n) is 6.38. The molecular weight excluding hydrogens is 250 g/mol. The van der Waals surface area contributed by atoms with Gasteiger partial charge in [0, 0.05) is 21.7 Å². The standard InChI is InChI=1S/C14H22ClNS/c1-3-5-13(16-10-4-2)11-17-14-8-6-12(15)7-9-14/h6-9,13,16H,3-5,10-11H2,1-2H3. The maximum Gasteiger partial charge on any atom is 0.0406 e. The second kappa shape index (κ2) is 8.84. The molecule has 0 fully saturated rings. The van der Waals surface area contributed by atoms with Gasteiger partial charge in [-0.05, 0) is 43.7 Å². The van der Waals surface area contributed by atoms with Gasteiger partial charge in [-0.3, -0.25) is 0 Å². The fourth-order valence-electron chi connectivity index (χ4n) is 1.67. The van der Waals surface area contributed by atoms with E-state index in [0.717, 1.165) is 17.3 Å². The summed E-state index contributed by atoms with van der Waals surface area (Å²) in [7, 11) is 0. The SMILES string of the molecule is CCCNC(CCC)CSc1ccc(Cl)cc1. The summed E-state index contributed by atoms with van der Waals surface area (Å²) in [5.41, 5.74) is 0. The lowest BCUT2D eigenvalue weighted by molar-refractivity contribution is 0.514. The minimum Gasteiger partial charge on any atom is -0.313 e. The van der Waals surface area contributed by atoms with Gasteiger partial charge in [-0.15, -0.1) is 11.8 Å². The monoisotopic (exact) mass is 271 g/mol. The molecule has 1 N–H and O–H groups in total. The lowest BCUT2D eigenvalue weighted by Gasteiger charge is -2.17. The number of hydrogen-bond acceptors (Lipinski definition) is 2. The normalized spacial score (nSPS) is 12.6. The number of nitrogens with one attached hydrogen (secondary N) is 1. The minimum atomic E-state index is 0.626. The Balaban J connectivity index is 2.37. The van der Waals surface area contributed by atoms with Crippen molar-refractivity contribution in [3.05, 3.63) is 29.3 Å². The number of benzene rings is 1. The molecule has 0 aliphatic rings. The Kier molecular flexibility index (Phi) is 7.74. The van der Waals surface area contributed by atoms with Crippen molar-refractivity contribution >= 4 is 23.4 Å². The van der Waals surface area contributed by atoms with Gasteiger partial charge in [0.1, 0.15) is 0 Å². The summed E-state index contributed by atoms with van der Waals surface area (Å²) in [6.45, 7) is 5.57. The number of rotatable bonds is 8. The van der Waals surface area contributed by atoms with E-state index in [2.05, 4.69) is 31.3 Å². The molecule has 0 heterocycles. The van der Waals surface area contributed by atoms with Gasteiger partial charge < -0.3 is 5.32 Å². The van der Waals surface area contributed by atoms with Gasteiger partial charge in [0.2, 0.25) is 0 Å². The van der Waals surface area contributed by atoms with E-state index in [1.807, 2.05) is 23.9 Å². The fourth-order valence-corrected chi connectivity index (χ4v) is 2.80. The Hall–Kier alpha value is -0.180. The maximum atomic E-state index is 5.87. The Morgan fingerprint density at radius 2 is 1.88 bits per heavy atom. The van der Waals surface area contributed by atoms with Crippen LogP contribution in [0.2, 0.25) is 5.02 Å². The molecule has 3 heteroatoms. The molecule has 96 valence electrons. The lowest BCUT2D eigenvalue weighted by Crippen LogP contribution is -2.31. The van der Waals surface area contributed by atoms with Crippen LogP contribution >= 0.6 is 23.4 Å². The smallest absolute Gasteiger partial charge is 0.0406 e. The lowest BCUT2D eigenvalue weighted by atomic mass is 10.2. The third-order valence-electron chi connectivity index (χ3n) is 2.58. The summed E-state index contributed by atoms with van der Waals surface area (Å²) < 4.78 is 0. The molecule has 1 atom stereocenters. The zero-order chi connectivity index (χ0) is 12.5. The minimum absolute atomic E-state index is 0.626. The molecule has 1 aromatic rings. The molecule has 0 saturated heterocycles. The largest absolute Gasteiger partial charge is 0.313 e. The van der Waals surface area contributed by atoms with Crippen LogP contribution in [0.25, 0.3) is 0 Å². The Morgan fingerprint density at radius 1 is 1.18 bits per heavy atom. The molecule has 1 aromatic carbocycles. The third-order valence-corrected chi connectivity index (χ3v) is 4.01. The molecule has 0 spiro atoms. The molecule has 0 aliphatic heterocycles. The quantitative estimate of drug-likeness (QED) is 0.694. The van der Waals surface area contributed by atoms with E-state index in [-0.39, 0.29) is 0 Å². The number of halogens is 1. The van der Waals surface area contributed by atoms with Gasteiger partial charge in [-0.1, -0.05) is 31.9 Å². The van der Waals surface area contributed by atoms with Gasteiger partial charge in [-0.2, -0.15) is 0 Å². The summed E-state index contributed by atoms with van der Waals surface area (Å²) in [6.07, 6.45) is 3.69. The zero-order valence-electron chi connectivity index (χ0n) is 10.7. The molecule has 0 bridgehead atoms. The zero-order valence-corrected chi connectivity index (χ0v) is 12.3. The van der Waals surface area contributed by atoms with Crippen molar-refractivity contribution in [3.8, 4) is 0 Å². The van der Waals surface area contributed by atoms with Gasteiger partial charge in [0.25, 0.3) is 0 Å². The van der Waals surface area contributed by atoms with E-state index in [9.17, 15) is 0 Å². The highest BCUT2D eigenvalue weighted by molar-refractivity contribution is 7.99. The van der Waals surface area contributed by atoms with Crippen molar-refractivity contribution in [2.75, 3.05) is 12.3 Å². The first-order chi connectivity index (χ1) is 8.26. The van der Waals surface area contributed by atoms with E-state index < -0.39 is 0 Å². The van der Waals surface area contributed by atoms with Crippen LogP contribution in [0.3, 0.4) is 0 Å². The topological polar surface area (TPSA) is 12.0 Å². The molecule has 0 radical (unpaired) electrons. The molecular formula is C14H22ClNS. The number of thioether (sulfide) groups is 1.